The Labute approximate surface area is 125 Å². The first-order chi connectivity index (χ1) is 9.46. The maximum Gasteiger partial charge on any atom is 0.245 e. The van der Waals surface area contributed by atoms with Gasteiger partial charge >= 0.3 is 0 Å². The van der Waals surface area contributed by atoms with Gasteiger partial charge in [-0.3, -0.25) is 0 Å². The first kappa shape index (κ1) is 14.2. The Morgan fingerprint density at radius 1 is 1.15 bits per heavy atom. The molecule has 0 amide bonds. The molecule has 2 fully saturated rings. The van der Waals surface area contributed by atoms with Gasteiger partial charge in [-0.15, -0.1) is 0 Å². The highest BCUT2D eigenvalue weighted by Gasteiger charge is 2.36. The SMILES string of the molecule is Nc1cc(Cl)ccc1S(=O)(=O)N(CC1CC1)CC1CC1. The van der Waals surface area contributed by atoms with E-state index >= 15 is 0 Å². The van der Waals surface area contributed by atoms with Gasteiger partial charge < -0.3 is 5.73 Å². The maximum atomic E-state index is 12.8. The van der Waals surface area contributed by atoms with Crippen molar-refractivity contribution in [3.8, 4) is 0 Å². The minimum absolute atomic E-state index is 0.184. The second-order valence-electron chi connectivity index (χ2n) is 5.89. The van der Waals surface area contributed by atoms with Gasteiger partial charge in [0.05, 0.1) is 5.69 Å². The topological polar surface area (TPSA) is 63.4 Å². The van der Waals surface area contributed by atoms with Crippen LogP contribution in [0.5, 0.6) is 0 Å². The average Bonchev–Trinajstić information content (AvgIpc) is 3.22. The first-order valence-corrected chi connectivity index (χ1v) is 8.84. The molecule has 0 heterocycles. The quantitative estimate of drug-likeness (QED) is 0.821. The first-order valence-electron chi connectivity index (χ1n) is 7.02. The predicted octanol–water partition coefficient (Wildman–Crippen LogP) is 2.73. The van der Waals surface area contributed by atoms with E-state index in [1.807, 2.05) is 0 Å². The van der Waals surface area contributed by atoms with Gasteiger partial charge in [0.25, 0.3) is 0 Å². The second kappa shape index (κ2) is 5.20. The number of hydrogen-bond acceptors (Lipinski definition) is 3. The molecular formula is C14H19ClN2O2S. The summed E-state index contributed by atoms with van der Waals surface area (Å²) in [6.45, 7) is 1.25. The minimum Gasteiger partial charge on any atom is -0.398 e. The number of rotatable bonds is 6. The molecule has 0 aliphatic heterocycles. The molecule has 0 spiro atoms. The Hall–Kier alpha value is -0.780. The van der Waals surface area contributed by atoms with Crippen molar-refractivity contribution >= 4 is 27.3 Å². The van der Waals surface area contributed by atoms with Crippen molar-refractivity contribution in [2.45, 2.75) is 30.6 Å². The molecule has 2 aliphatic rings. The molecule has 110 valence electrons. The van der Waals surface area contributed by atoms with Gasteiger partial charge in [-0.1, -0.05) is 11.6 Å². The highest BCUT2D eigenvalue weighted by molar-refractivity contribution is 7.89. The van der Waals surface area contributed by atoms with Crippen LogP contribution < -0.4 is 5.73 Å². The molecule has 1 aromatic rings. The third-order valence-corrected chi connectivity index (χ3v) is 6.05. The Morgan fingerprint density at radius 3 is 2.15 bits per heavy atom. The maximum absolute atomic E-state index is 12.8. The summed E-state index contributed by atoms with van der Waals surface area (Å²) in [5.74, 6) is 1.05. The summed E-state index contributed by atoms with van der Waals surface area (Å²) in [6, 6.07) is 4.60. The van der Waals surface area contributed by atoms with Crippen molar-refractivity contribution in [2.24, 2.45) is 11.8 Å². The predicted molar refractivity (Wildman–Crippen MR) is 80.1 cm³/mol. The summed E-state index contributed by atoms with van der Waals surface area (Å²) in [7, 11) is -3.51. The summed E-state index contributed by atoms with van der Waals surface area (Å²) in [4.78, 5) is 0.184. The Balaban J connectivity index is 1.89. The van der Waals surface area contributed by atoms with Crippen molar-refractivity contribution in [1.82, 2.24) is 4.31 Å². The number of nitrogen functional groups attached to an aromatic ring is 1. The van der Waals surface area contributed by atoms with Crippen LogP contribution in [-0.2, 0) is 10.0 Å². The number of hydrogen-bond donors (Lipinski definition) is 1. The second-order valence-corrected chi connectivity index (χ2v) is 8.23. The van der Waals surface area contributed by atoms with Crippen LogP contribution in [0.25, 0.3) is 0 Å². The van der Waals surface area contributed by atoms with E-state index in [4.69, 9.17) is 17.3 Å². The molecule has 0 radical (unpaired) electrons. The third-order valence-electron chi connectivity index (χ3n) is 3.91. The lowest BCUT2D eigenvalue weighted by Crippen LogP contribution is -2.35. The van der Waals surface area contributed by atoms with Crippen LogP contribution in [0.3, 0.4) is 0 Å². The summed E-state index contributed by atoms with van der Waals surface area (Å²) in [6.07, 6.45) is 4.53. The lowest BCUT2D eigenvalue weighted by Gasteiger charge is -2.23. The van der Waals surface area contributed by atoms with Gasteiger partial charge in [0, 0.05) is 18.1 Å². The Kier molecular flexibility index (Phi) is 3.69. The zero-order valence-corrected chi connectivity index (χ0v) is 12.8. The molecule has 0 bridgehead atoms. The normalized spacial score (nSPS) is 19.5. The molecule has 0 atom stereocenters. The van der Waals surface area contributed by atoms with E-state index in [-0.39, 0.29) is 10.6 Å². The van der Waals surface area contributed by atoms with Gasteiger partial charge in [-0.2, -0.15) is 4.31 Å². The van der Waals surface area contributed by atoms with E-state index in [1.54, 1.807) is 10.4 Å². The van der Waals surface area contributed by atoms with E-state index < -0.39 is 10.0 Å². The molecule has 4 nitrogen and oxygen atoms in total. The van der Waals surface area contributed by atoms with E-state index in [1.165, 1.54) is 12.1 Å². The molecule has 0 aromatic heterocycles. The summed E-state index contributed by atoms with van der Waals surface area (Å²) in [5.41, 5.74) is 6.08. The molecule has 2 saturated carbocycles. The van der Waals surface area contributed by atoms with Gasteiger partial charge in [0.2, 0.25) is 10.0 Å². The van der Waals surface area contributed by atoms with Crippen molar-refractivity contribution < 1.29 is 8.42 Å². The van der Waals surface area contributed by atoms with Crippen LogP contribution >= 0.6 is 11.6 Å². The molecule has 20 heavy (non-hydrogen) atoms. The smallest absolute Gasteiger partial charge is 0.245 e. The highest BCUT2D eigenvalue weighted by atomic mass is 35.5. The summed E-state index contributed by atoms with van der Waals surface area (Å²) in [5, 5.41) is 0.456. The van der Waals surface area contributed by atoms with Crippen molar-refractivity contribution in [3.05, 3.63) is 23.2 Å². The standard InChI is InChI=1S/C14H19ClN2O2S/c15-12-5-6-14(13(16)7-12)20(18,19)17(8-10-1-2-10)9-11-3-4-11/h5-7,10-11H,1-4,8-9,16H2. The van der Waals surface area contributed by atoms with Crippen LogP contribution in [0.4, 0.5) is 5.69 Å². The highest BCUT2D eigenvalue weighted by Crippen LogP contribution is 2.36. The zero-order valence-electron chi connectivity index (χ0n) is 11.3. The number of benzene rings is 1. The molecule has 6 heteroatoms. The number of halogens is 1. The summed E-state index contributed by atoms with van der Waals surface area (Å²) >= 11 is 5.85. The molecule has 0 unspecified atom stereocenters. The van der Waals surface area contributed by atoms with Crippen LogP contribution in [0, 0.1) is 11.8 Å². The van der Waals surface area contributed by atoms with E-state index in [2.05, 4.69) is 0 Å². The molecule has 0 saturated heterocycles. The monoisotopic (exact) mass is 314 g/mol. The number of nitrogens with zero attached hydrogens (tertiary/aromatic N) is 1. The fraction of sp³-hybridized carbons (Fsp3) is 0.571. The molecular weight excluding hydrogens is 296 g/mol. The molecule has 3 rings (SSSR count). The fourth-order valence-corrected chi connectivity index (χ4v) is 4.21. The lowest BCUT2D eigenvalue weighted by molar-refractivity contribution is 0.382. The van der Waals surface area contributed by atoms with E-state index in [0.717, 1.165) is 25.7 Å². The number of sulfonamides is 1. The van der Waals surface area contributed by atoms with Crippen molar-refractivity contribution in [2.75, 3.05) is 18.8 Å². The lowest BCUT2D eigenvalue weighted by atomic mass is 10.3. The molecule has 2 N–H and O–H groups in total. The van der Waals surface area contributed by atoms with Crippen LogP contribution in [-0.4, -0.2) is 25.8 Å². The zero-order chi connectivity index (χ0) is 14.3. The van der Waals surface area contributed by atoms with Gasteiger partial charge in [0.1, 0.15) is 4.90 Å². The van der Waals surface area contributed by atoms with Gasteiger partial charge in [-0.05, 0) is 55.7 Å². The number of nitrogens with two attached hydrogens (primary N) is 1. The minimum atomic E-state index is -3.51. The largest absolute Gasteiger partial charge is 0.398 e. The van der Waals surface area contributed by atoms with E-state index in [9.17, 15) is 8.42 Å². The summed E-state index contributed by atoms with van der Waals surface area (Å²) < 4.78 is 27.2. The van der Waals surface area contributed by atoms with Crippen LogP contribution in [0.2, 0.25) is 5.02 Å². The average molecular weight is 315 g/mol. The Morgan fingerprint density at radius 2 is 1.70 bits per heavy atom. The van der Waals surface area contributed by atoms with E-state index in [0.29, 0.717) is 29.9 Å². The van der Waals surface area contributed by atoms with Crippen molar-refractivity contribution in [3.63, 3.8) is 0 Å². The van der Waals surface area contributed by atoms with Gasteiger partial charge in [0.15, 0.2) is 0 Å². The third kappa shape index (κ3) is 3.10. The fourth-order valence-electron chi connectivity index (χ4n) is 2.34. The molecule has 2 aliphatic carbocycles. The van der Waals surface area contributed by atoms with Crippen molar-refractivity contribution in [1.29, 1.82) is 0 Å². The molecule has 1 aromatic carbocycles. The van der Waals surface area contributed by atoms with Crippen LogP contribution in [0.1, 0.15) is 25.7 Å². The van der Waals surface area contributed by atoms with Gasteiger partial charge in [-0.25, -0.2) is 8.42 Å². The Bertz CT molecular complexity index is 596. The number of anilines is 1. The van der Waals surface area contributed by atoms with Crippen LogP contribution in [0.15, 0.2) is 23.1 Å².